The van der Waals surface area contributed by atoms with Gasteiger partial charge in [-0.2, -0.15) is 0 Å². The van der Waals surface area contributed by atoms with Crippen LogP contribution in [0.1, 0.15) is 32.8 Å². The molecule has 3 amide bonds. The highest BCUT2D eigenvalue weighted by Gasteiger charge is 2.22. The number of hydrogen-bond acceptors (Lipinski definition) is 2. The van der Waals surface area contributed by atoms with Crippen molar-refractivity contribution in [1.82, 2.24) is 10.6 Å². The third-order valence-electron chi connectivity index (χ3n) is 2.93. The first-order valence-electron chi connectivity index (χ1n) is 6.61. The minimum atomic E-state index is -0.729. The van der Waals surface area contributed by atoms with Crippen molar-refractivity contribution in [3.8, 4) is 0 Å². The van der Waals surface area contributed by atoms with Gasteiger partial charge in [0.05, 0.1) is 0 Å². The Hall–Kier alpha value is -1.55. The molecule has 0 saturated heterocycles. The normalized spacial score (nSPS) is 12.6. The van der Waals surface area contributed by atoms with Crippen LogP contribution in [0.5, 0.6) is 0 Å². The summed E-state index contributed by atoms with van der Waals surface area (Å²) >= 11 is 5.59. The lowest BCUT2D eigenvalue weighted by molar-refractivity contribution is -0.119. The lowest BCUT2D eigenvalue weighted by Gasteiger charge is -2.26. The van der Waals surface area contributed by atoms with Gasteiger partial charge >= 0.3 is 6.03 Å². The molecular formula is C15H21ClN2O2. The van der Waals surface area contributed by atoms with Crippen molar-refractivity contribution in [2.45, 2.75) is 44.5 Å². The van der Waals surface area contributed by atoms with Crippen LogP contribution in [0.4, 0.5) is 4.79 Å². The topological polar surface area (TPSA) is 58.2 Å². The summed E-state index contributed by atoms with van der Waals surface area (Å²) in [6, 6.07) is 9.54. The maximum Gasteiger partial charge on any atom is 0.321 e. The van der Waals surface area contributed by atoms with E-state index in [4.69, 9.17) is 11.6 Å². The van der Waals surface area contributed by atoms with Crippen LogP contribution in [0.3, 0.4) is 0 Å². The average Bonchev–Trinajstić information content (AvgIpc) is 2.37. The number of hydrogen-bond donors (Lipinski definition) is 2. The lowest BCUT2D eigenvalue weighted by atomic mass is 9.95. The molecule has 0 aromatic heterocycles. The van der Waals surface area contributed by atoms with Gasteiger partial charge in [-0.25, -0.2) is 4.79 Å². The number of urea groups is 1. The summed E-state index contributed by atoms with van der Waals surface area (Å²) in [6.07, 6.45) is 1.63. The maximum absolute atomic E-state index is 11.7. The van der Waals surface area contributed by atoms with Crippen LogP contribution in [0.25, 0.3) is 0 Å². The SMILES string of the molecule is CC(Cl)C(=O)NC(=O)NC(C)(C)CCc1ccccc1. The van der Waals surface area contributed by atoms with Gasteiger partial charge in [-0.15, -0.1) is 11.6 Å². The number of carbonyl (C=O) groups excluding carboxylic acids is 2. The number of carbonyl (C=O) groups is 2. The molecule has 0 radical (unpaired) electrons. The molecule has 0 fully saturated rings. The van der Waals surface area contributed by atoms with Crippen LogP contribution in [0, 0.1) is 0 Å². The first-order chi connectivity index (χ1) is 9.30. The number of rotatable bonds is 5. The van der Waals surface area contributed by atoms with E-state index < -0.39 is 22.9 Å². The molecule has 0 aliphatic rings. The van der Waals surface area contributed by atoms with Crippen LogP contribution < -0.4 is 10.6 Å². The number of benzene rings is 1. The molecule has 1 aromatic carbocycles. The zero-order valence-corrected chi connectivity index (χ0v) is 12.8. The number of aryl methyl sites for hydroxylation is 1. The van der Waals surface area contributed by atoms with Crippen LogP contribution in [0.2, 0.25) is 0 Å². The Balaban J connectivity index is 2.44. The van der Waals surface area contributed by atoms with Crippen molar-refractivity contribution in [1.29, 1.82) is 0 Å². The summed E-state index contributed by atoms with van der Waals surface area (Å²) in [5.41, 5.74) is 0.809. The summed E-state index contributed by atoms with van der Waals surface area (Å²) in [5, 5.41) is 4.27. The molecule has 0 spiro atoms. The van der Waals surface area contributed by atoms with E-state index in [1.165, 1.54) is 12.5 Å². The fourth-order valence-corrected chi connectivity index (χ4v) is 1.77. The number of imide groups is 1. The van der Waals surface area contributed by atoms with E-state index in [0.717, 1.165) is 12.8 Å². The standard InChI is InChI=1S/C15H21ClN2O2/c1-11(16)13(19)17-14(20)18-15(2,3)10-9-12-7-5-4-6-8-12/h4-8,11H,9-10H2,1-3H3,(H2,17,18,19,20). The lowest BCUT2D eigenvalue weighted by Crippen LogP contribution is -2.51. The Morgan fingerprint density at radius 3 is 2.40 bits per heavy atom. The molecule has 0 bridgehead atoms. The van der Waals surface area contributed by atoms with Gasteiger partial charge in [0.15, 0.2) is 0 Å². The van der Waals surface area contributed by atoms with Gasteiger partial charge in [-0.1, -0.05) is 30.3 Å². The fourth-order valence-electron chi connectivity index (χ4n) is 1.71. The third-order valence-corrected chi connectivity index (χ3v) is 3.13. The Kier molecular flexibility index (Phi) is 6.02. The molecule has 1 atom stereocenters. The van der Waals surface area contributed by atoms with Crippen molar-refractivity contribution in [3.05, 3.63) is 35.9 Å². The molecule has 0 aliphatic carbocycles. The molecule has 1 rings (SSSR count). The summed E-state index contributed by atoms with van der Waals surface area (Å²) in [5.74, 6) is -0.497. The molecular weight excluding hydrogens is 276 g/mol. The minimum absolute atomic E-state index is 0.407. The quantitative estimate of drug-likeness (QED) is 0.821. The number of halogens is 1. The minimum Gasteiger partial charge on any atom is -0.333 e. The second-order valence-electron chi connectivity index (χ2n) is 5.43. The Labute approximate surface area is 124 Å². The van der Waals surface area contributed by atoms with Gasteiger partial charge in [-0.05, 0) is 39.2 Å². The second-order valence-corrected chi connectivity index (χ2v) is 6.08. The smallest absolute Gasteiger partial charge is 0.321 e. The highest BCUT2D eigenvalue weighted by molar-refractivity contribution is 6.31. The van der Waals surface area contributed by atoms with Crippen molar-refractivity contribution in [2.24, 2.45) is 0 Å². The van der Waals surface area contributed by atoms with Gasteiger partial charge in [0.1, 0.15) is 5.38 Å². The molecule has 2 N–H and O–H groups in total. The molecule has 1 unspecified atom stereocenters. The predicted octanol–water partition coefficient (Wildman–Crippen LogP) is 2.85. The van der Waals surface area contributed by atoms with Crippen molar-refractivity contribution in [3.63, 3.8) is 0 Å². The first kappa shape index (κ1) is 16.5. The molecule has 0 heterocycles. The molecule has 5 heteroatoms. The van der Waals surface area contributed by atoms with Crippen LogP contribution in [-0.4, -0.2) is 22.9 Å². The van der Waals surface area contributed by atoms with Gasteiger partial charge in [0.25, 0.3) is 0 Å². The molecule has 4 nitrogen and oxygen atoms in total. The van der Waals surface area contributed by atoms with E-state index in [-0.39, 0.29) is 0 Å². The molecule has 0 saturated carbocycles. The monoisotopic (exact) mass is 296 g/mol. The average molecular weight is 297 g/mol. The zero-order valence-electron chi connectivity index (χ0n) is 12.1. The van der Waals surface area contributed by atoms with E-state index in [1.54, 1.807) is 0 Å². The molecule has 110 valence electrons. The van der Waals surface area contributed by atoms with E-state index in [2.05, 4.69) is 22.8 Å². The van der Waals surface area contributed by atoms with E-state index in [1.807, 2.05) is 32.0 Å². The number of amides is 3. The second kappa shape index (κ2) is 7.29. The third kappa shape index (κ3) is 6.06. The largest absolute Gasteiger partial charge is 0.333 e. The van der Waals surface area contributed by atoms with E-state index >= 15 is 0 Å². The summed E-state index contributed by atoms with van der Waals surface area (Å²) in [7, 11) is 0. The van der Waals surface area contributed by atoms with Gasteiger partial charge in [0, 0.05) is 5.54 Å². The number of alkyl halides is 1. The van der Waals surface area contributed by atoms with E-state index in [0.29, 0.717) is 0 Å². The van der Waals surface area contributed by atoms with Gasteiger partial charge in [-0.3, -0.25) is 10.1 Å². The zero-order chi connectivity index (χ0) is 15.2. The van der Waals surface area contributed by atoms with Crippen molar-refractivity contribution >= 4 is 23.5 Å². The van der Waals surface area contributed by atoms with Crippen LogP contribution >= 0.6 is 11.6 Å². The number of nitrogens with one attached hydrogen (secondary N) is 2. The maximum atomic E-state index is 11.7. The Morgan fingerprint density at radius 1 is 1.25 bits per heavy atom. The van der Waals surface area contributed by atoms with Crippen molar-refractivity contribution < 1.29 is 9.59 Å². The Bertz CT molecular complexity index is 458. The molecule has 0 aliphatic heterocycles. The van der Waals surface area contributed by atoms with E-state index in [9.17, 15) is 9.59 Å². The van der Waals surface area contributed by atoms with Gasteiger partial charge in [0.2, 0.25) is 5.91 Å². The predicted molar refractivity (Wildman–Crippen MR) is 80.8 cm³/mol. The van der Waals surface area contributed by atoms with Crippen LogP contribution in [-0.2, 0) is 11.2 Å². The highest BCUT2D eigenvalue weighted by atomic mass is 35.5. The van der Waals surface area contributed by atoms with Gasteiger partial charge < -0.3 is 5.32 Å². The molecule has 1 aromatic rings. The first-order valence-corrected chi connectivity index (χ1v) is 7.05. The summed E-state index contributed by atoms with van der Waals surface area (Å²) < 4.78 is 0. The van der Waals surface area contributed by atoms with Crippen molar-refractivity contribution in [2.75, 3.05) is 0 Å². The molecule has 20 heavy (non-hydrogen) atoms. The highest BCUT2D eigenvalue weighted by Crippen LogP contribution is 2.13. The summed E-state index contributed by atoms with van der Waals surface area (Å²) in [6.45, 7) is 5.36. The fraction of sp³-hybridized carbons (Fsp3) is 0.467. The van der Waals surface area contributed by atoms with Crippen LogP contribution in [0.15, 0.2) is 30.3 Å². The Morgan fingerprint density at radius 2 is 1.85 bits per heavy atom. The summed E-state index contributed by atoms with van der Waals surface area (Å²) in [4.78, 5) is 23.0.